The number of aromatic nitrogens is 3. The van der Waals surface area contributed by atoms with Crippen LogP contribution in [0.3, 0.4) is 0 Å². The first-order chi connectivity index (χ1) is 14.6. The molecule has 3 heterocycles. The minimum Gasteiger partial charge on any atom is -0.494 e. The van der Waals surface area contributed by atoms with Crippen LogP contribution in [-0.4, -0.2) is 28.5 Å². The number of aryl methyl sites for hydroxylation is 1. The van der Waals surface area contributed by atoms with Crippen LogP contribution in [0, 0.1) is 12.7 Å². The van der Waals surface area contributed by atoms with Gasteiger partial charge in [-0.1, -0.05) is 12.1 Å². The summed E-state index contributed by atoms with van der Waals surface area (Å²) in [4.78, 5) is 4.48. The van der Waals surface area contributed by atoms with E-state index >= 15 is 0 Å². The normalized spacial score (nSPS) is 12.4. The molecule has 1 aliphatic heterocycles. The molecule has 1 N–H and O–H groups in total. The quantitative estimate of drug-likeness (QED) is 0.536. The van der Waals surface area contributed by atoms with Gasteiger partial charge in [-0.05, 0) is 48.4 Å². The molecule has 4 aromatic rings. The second-order valence-electron chi connectivity index (χ2n) is 6.92. The molecule has 2 aromatic carbocycles. The van der Waals surface area contributed by atoms with Crippen LogP contribution >= 0.6 is 0 Å². The molecule has 0 amide bonds. The van der Waals surface area contributed by atoms with E-state index in [9.17, 15) is 4.39 Å². The average Bonchev–Trinajstić information content (AvgIpc) is 3.35. The van der Waals surface area contributed by atoms with E-state index in [1.807, 2.05) is 31.2 Å². The molecule has 0 atom stereocenters. The molecule has 152 valence electrons. The van der Waals surface area contributed by atoms with E-state index in [1.54, 1.807) is 22.8 Å². The molecule has 0 radical (unpaired) electrons. The second kappa shape index (κ2) is 7.22. The Morgan fingerprint density at radius 1 is 1.13 bits per heavy atom. The molecule has 2 aromatic heterocycles. The van der Waals surface area contributed by atoms with Crippen LogP contribution in [0.15, 0.2) is 48.7 Å². The Bertz CT molecular complexity index is 1250. The van der Waals surface area contributed by atoms with E-state index < -0.39 is 5.82 Å². The molecular weight excluding hydrogens is 387 g/mol. The van der Waals surface area contributed by atoms with Crippen LogP contribution < -0.4 is 19.5 Å². The number of halogens is 1. The third-order valence-electron chi connectivity index (χ3n) is 5.04. The summed E-state index contributed by atoms with van der Waals surface area (Å²) in [5.41, 5.74) is 3.92. The summed E-state index contributed by atoms with van der Waals surface area (Å²) in [6.45, 7) is 2.70. The van der Waals surface area contributed by atoms with Crippen molar-refractivity contribution in [2.24, 2.45) is 0 Å². The lowest BCUT2D eigenvalue weighted by molar-refractivity contribution is 0.174. The van der Waals surface area contributed by atoms with Gasteiger partial charge in [-0.2, -0.15) is 9.61 Å². The molecule has 30 heavy (non-hydrogen) atoms. The molecule has 5 rings (SSSR count). The number of fused-ring (bicyclic) bond motifs is 2. The highest BCUT2D eigenvalue weighted by atomic mass is 19.1. The van der Waals surface area contributed by atoms with Gasteiger partial charge in [0.05, 0.1) is 12.8 Å². The smallest absolute Gasteiger partial charge is 0.231 e. The summed E-state index contributed by atoms with van der Waals surface area (Å²) in [6.07, 6.45) is 1.71. The van der Waals surface area contributed by atoms with E-state index in [0.29, 0.717) is 17.8 Å². The number of nitrogens with one attached hydrogen (secondary N) is 1. The van der Waals surface area contributed by atoms with Crippen molar-refractivity contribution >= 4 is 11.5 Å². The van der Waals surface area contributed by atoms with Gasteiger partial charge < -0.3 is 19.5 Å². The number of benzene rings is 2. The largest absolute Gasteiger partial charge is 0.494 e. The van der Waals surface area contributed by atoms with Gasteiger partial charge in [-0.3, -0.25) is 0 Å². The number of hydrogen-bond donors (Lipinski definition) is 1. The van der Waals surface area contributed by atoms with E-state index in [-0.39, 0.29) is 12.5 Å². The van der Waals surface area contributed by atoms with Crippen LogP contribution in [0.25, 0.3) is 16.8 Å². The zero-order valence-electron chi connectivity index (χ0n) is 16.5. The van der Waals surface area contributed by atoms with Gasteiger partial charge >= 0.3 is 0 Å². The summed E-state index contributed by atoms with van der Waals surface area (Å²) in [5.74, 6) is 2.05. The predicted molar refractivity (Wildman–Crippen MR) is 110 cm³/mol. The monoisotopic (exact) mass is 406 g/mol. The summed E-state index contributed by atoms with van der Waals surface area (Å²) < 4.78 is 31.8. The standard InChI is InChI=1S/C22H19FN4O3/c1-13-21(15-4-6-17(28-2)16(23)10-15)22-24-8-7-20(27(22)26-13)25-11-14-3-5-18-19(9-14)30-12-29-18/h3-10,25H,11-12H2,1-2H3. The summed E-state index contributed by atoms with van der Waals surface area (Å²) in [7, 11) is 1.44. The zero-order chi connectivity index (χ0) is 20.7. The van der Waals surface area contributed by atoms with Crippen LogP contribution in [0.2, 0.25) is 0 Å². The summed E-state index contributed by atoms with van der Waals surface area (Å²) in [5, 5.41) is 8.01. The van der Waals surface area contributed by atoms with Crippen molar-refractivity contribution in [3.63, 3.8) is 0 Å². The molecule has 7 nitrogen and oxygen atoms in total. The first-order valence-corrected chi connectivity index (χ1v) is 9.44. The number of methoxy groups -OCH3 is 1. The molecule has 0 saturated heterocycles. The average molecular weight is 406 g/mol. The Morgan fingerprint density at radius 2 is 2.00 bits per heavy atom. The minimum atomic E-state index is -0.425. The first kappa shape index (κ1) is 18.2. The third-order valence-corrected chi connectivity index (χ3v) is 5.04. The minimum absolute atomic E-state index is 0.201. The molecule has 0 aliphatic carbocycles. The van der Waals surface area contributed by atoms with Gasteiger partial charge in [-0.15, -0.1) is 0 Å². The van der Waals surface area contributed by atoms with E-state index in [0.717, 1.165) is 34.1 Å². The Balaban J connectivity index is 1.47. The highest BCUT2D eigenvalue weighted by Gasteiger charge is 2.17. The SMILES string of the molecule is COc1ccc(-c2c(C)nn3c(NCc4ccc5c(c4)OCO5)ccnc23)cc1F. The number of hydrogen-bond acceptors (Lipinski definition) is 6. The van der Waals surface area contributed by atoms with Gasteiger partial charge in [0, 0.05) is 18.3 Å². The number of rotatable bonds is 5. The van der Waals surface area contributed by atoms with Crippen molar-refractivity contribution in [1.29, 1.82) is 0 Å². The fourth-order valence-corrected chi connectivity index (χ4v) is 3.59. The zero-order valence-corrected chi connectivity index (χ0v) is 16.5. The summed E-state index contributed by atoms with van der Waals surface area (Å²) in [6, 6.07) is 12.5. The van der Waals surface area contributed by atoms with Crippen LogP contribution in [0.1, 0.15) is 11.3 Å². The second-order valence-corrected chi connectivity index (χ2v) is 6.92. The van der Waals surface area contributed by atoms with E-state index in [2.05, 4.69) is 15.4 Å². The van der Waals surface area contributed by atoms with Crippen LogP contribution in [0.5, 0.6) is 17.2 Å². The van der Waals surface area contributed by atoms with Gasteiger partial charge in [0.1, 0.15) is 5.82 Å². The topological polar surface area (TPSA) is 69.9 Å². The van der Waals surface area contributed by atoms with Crippen molar-refractivity contribution in [3.8, 4) is 28.4 Å². The molecule has 1 aliphatic rings. The van der Waals surface area contributed by atoms with Crippen LogP contribution in [0.4, 0.5) is 10.2 Å². The van der Waals surface area contributed by atoms with E-state index in [4.69, 9.17) is 14.2 Å². The molecule has 0 bridgehead atoms. The Kier molecular flexibility index (Phi) is 4.39. The van der Waals surface area contributed by atoms with Gasteiger partial charge in [-0.25, -0.2) is 9.37 Å². The van der Waals surface area contributed by atoms with Crippen LogP contribution in [-0.2, 0) is 6.54 Å². The molecule has 0 spiro atoms. The lowest BCUT2D eigenvalue weighted by Gasteiger charge is -2.09. The van der Waals surface area contributed by atoms with E-state index in [1.165, 1.54) is 13.2 Å². The van der Waals surface area contributed by atoms with Crippen molar-refractivity contribution in [2.45, 2.75) is 13.5 Å². The van der Waals surface area contributed by atoms with Crippen molar-refractivity contribution in [2.75, 3.05) is 19.2 Å². The number of ether oxygens (including phenoxy) is 3. The lowest BCUT2D eigenvalue weighted by atomic mass is 10.1. The third kappa shape index (κ3) is 3.06. The highest BCUT2D eigenvalue weighted by molar-refractivity contribution is 5.81. The number of nitrogens with zero attached hydrogens (tertiary/aromatic N) is 3. The fraction of sp³-hybridized carbons (Fsp3) is 0.182. The fourth-order valence-electron chi connectivity index (χ4n) is 3.59. The molecule has 0 saturated carbocycles. The molecular formula is C22H19FN4O3. The predicted octanol–water partition coefficient (Wildman–Crippen LogP) is 4.19. The molecule has 8 heteroatoms. The maximum atomic E-state index is 14.3. The Labute approximate surface area is 172 Å². The molecule has 0 unspecified atom stereocenters. The van der Waals surface area contributed by atoms with Crippen molar-refractivity contribution in [1.82, 2.24) is 14.6 Å². The van der Waals surface area contributed by atoms with Gasteiger partial charge in [0.15, 0.2) is 28.7 Å². The lowest BCUT2D eigenvalue weighted by Crippen LogP contribution is -2.05. The number of anilines is 1. The van der Waals surface area contributed by atoms with Crippen molar-refractivity contribution < 1.29 is 18.6 Å². The van der Waals surface area contributed by atoms with Gasteiger partial charge in [0.25, 0.3) is 0 Å². The maximum Gasteiger partial charge on any atom is 0.231 e. The summed E-state index contributed by atoms with van der Waals surface area (Å²) >= 11 is 0. The first-order valence-electron chi connectivity index (χ1n) is 9.44. The van der Waals surface area contributed by atoms with Crippen molar-refractivity contribution in [3.05, 3.63) is 65.7 Å². The van der Waals surface area contributed by atoms with Gasteiger partial charge in [0.2, 0.25) is 6.79 Å². The molecule has 0 fully saturated rings. The Hall–Kier alpha value is -3.81. The Morgan fingerprint density at radius 3 is 2.83 bits per heavy atom. The maximum absolute atomic E-state index is 14.3. The highest BCUT2D eigenvalue weighted by Crippen LogP contribution is 2.33.